The summed E-state index contributed by atoms with van der Waals surface area (Å²) in [7, 11) is 1.62. The number of thiophene rings is 1. The number of hydrogen-bond donors (Lipinski definition) is 1. The van der Waals surface area contributed by atoms with Crippen LogP contribution in [0.25, 0.3) is 11.6 Å². The van der Waals surface area contributed by atoms with Gasteiger partial charge in [0.2, 0.25) is 0 Å². The molecule has 0 radical (unpaired) electrons. The van der Waals surface area contributed by atoms with E-state index in [0.29, 0.717) is 19.0 Å². The summed E-state index contributed by atoms with van der Waals surface area (Å²) in [5.41, 5.74) is 1.07. The molecule has 0 saturated carbocycles. The first kappa shape index (κ1) is 19.5. The quantitative estimate of drug-likeness (QED) is 0.414. The molecule has 0 amide bonds. The first-order valence-electron chi connectivity index (χ1n) is 8.64. The van der Waals surface area contributed by atoms with Crippen LogP contribution in [0.2, 0.25) is 0 Å². The van der Waals surface area contributed by atoms with Crippen molar-refractivity contribution < 1.29 is 24.1 Å². The van der Waals surface area contributed by atoms with Crippen molar-refractivity contribution >= 4 is 29.0 Å². The van der Waals surface area contributed by atoms with Crippen LogP contribution >= 0.6 is 11.3 Å². The first-order valence-corrected chi connectivity index (χ1v) is 9.52. The molecular weight excluding hydrogens is 376 g/mol. The monoisotopic (exact) mass is 396 g/mol. The molecule has 0 atom stereocenters. The van der Waals surface area contributed by atoms with E-state index in [9.17, 15) is 9.90 Å². The molecule has 6 heteroatoms. The summed E-state index contributed by atoms with van der Waals surface area (Å²) in [6, 6.07) is 18.3. The van der Waals surface area contributed by atoms with E-state index >= 15 is 0 Å². The van der Waals surface area contributed by atoms with Gasteiger partial charge in [-0.1, -0.05) is 18.2 Å². The summed E-state index contributed by atoms with van der Waals surface area (Å²) in [5, 5.41) is 11.3. The Morgan fingerprint density at radius 3 is 2.00 bits per heavy atom. The second kappa shape index (κ2) is 9.62. The second-order valence-electron chi connectivity index (χ2n) is 5.78. The second-order valence-corrected chi connectivity index (χ2v) is 6.73. The lowest BCUT2D eigenvalue weighted by atomic mass is 10.1. The Hall–Kier alpha value is -3.25. The van der Waals surface area contributed by atoms with Gasteiger partial charge in [0.05, 0.1) is 12.7 Å². The largest absolute Gasteiger partial charge is 0.497 e. The summed E-state index contributed by atoms with van der Waals surface area (Å²) >= 11 is 1.40. The molecule has 1 aromatic heterocycles. The standard InChI is InChI=1S/C22H20O5S/c1-25-17-8-10-19(11-9-17)27-13-12-26-18-6-4-16(5-7-18)15-20(22(23)24)21-3-2-14-28-21/h2-11,14-15H,12-13H2,1H3,(H,23,24)/b20-15+. The Morgan fingerprint density at radius 2 is 1.50 bits per heavy atom. The zero-order valence-electron chi connectivity index (χ0n) is 15.3. The highest BCUT2D eigenvalue weighted by atomic mass is 32.1. The van der Waals surface area contributed by atoms with E-state index in [1.807, 2.05) is 60.0 Å². The maximum atomic E-state index is 11.5. The molecule has 144 valence electrons. The first-order chi connectivity index (χ1) is 13.7. The number of rotatable bonds is 9. The van der Waals surface area contributed by atoms with Crippen LogP contribution in [-0.2, 0) is 4.79 Å². The molecule has 1 heterocycles. The molecule has 0 aliphatic carbocycles. The number of methoxy groups -OCH3 is 1. The lowest BCUT2D eigenvalue weighted by molar-refractivity contribution is -0.130. The van der Waals surface area contributed by atoms with Gasteiger partial charge in [0.25, 0.3) is 0 Å². The average Bonchev–Trinajstić information content (AvgIpc) is 3.25. The Labute approximate surface area is 167 Å². The van der Waals surface area contributed by atoms with E-state index in [4.69, 9.17) is 14.2 Å². The van der Waals surface area contributed by atoms with E-state index < -0.39 is 5.97 Å². The topological polar surface area (TPSA) is 65.0 Å². The fraction of sp³-hybridized carbons (Fsp3) is 0.136. The smallest absolute Gasteiger partial charge is 0.337 e. The van der Waals surface area contributed by atoms with Crippen molar-refractivity contribution in [1.29, 1.82) is 0 Å². The Bertz CT molecular complexity index is 913. The van der Waals surface area contributed by atoms with E-state index in [1.54, 1.807) is 19.3 Å². The summed E-state index contributed by atoms with van der Waals surface area (Å²) in [6.45, 7) is 0.812. The van der Waals surface area contributed by atoms with E-state index in [-0.39, 0.29) is 5.57 Å². The van der Waals surface area contributed by atoms with Crippen LogP contribution in [0, 0.1) is 0 Å². The van der Waals surface area contributed by atoms with Gasteiger partial charge in [-0.25, -0.2) is 4.79 Å². The minimum atomic E-state index is -0.946. The summed E-state index contributed by atoms with van der Waals surface area (Å²) in [6.07, 6.45) is 1.66. The summed E-state index contributed by atoms with van der Waals surface area (Å²) in [5.74, 6) is 1.28. The number of ether oxygens (including phenoxy) is 3. The molecule has 2 aromatic carbocycles. The van der Waals surface area contributed by atoms with Crippen molar-refractivity contribution in [3.63, 3.8) is 0 Å². The molecule has 28 heavy (non-hydrogen) atoms. The molecule has 3 aromatic rings. The minimum Gasteiger partial charge on any atom is -0.497 e. The van der Waals surface area contributed by atoms with Gasteiger partial charge in [0.1, 0.15) is 30.5 Å². The molecule has 0 fully saturated rings. The normalized spacial score (nSPS) is 11.1. The molecule has 0 saturated heterocycles. The molecule has 0 spiro atoms. The van der Waals surface area contributed by atoms with Gasteiger partial charge >= 0.3 is 5.97 Å². The maximum Gasteiger partial charge on any atom is 0.337 e. The third kappa shape index (κ3) is 5.37. The molecule has 0 bridgehead atoms. The zero-order valence-corrected chi connectivity index (χ0v) is 16.1. The van der Waals surface area contributed by atoms with Crippen molar-refractivity contribution in [2.24, 2.45) is 0 Å². The number of aliphatic carboxylic acids is 1. The van der Waals surface area contributed by atoms with Crippen LogP contribution in [0.4, 0.5) is 0 Å². The van der Waals surface area contributed by atoms with Gasteiger partial charge in [-0.3, -0.25) is 0 Å². The third-order valence-electron chi connectivity index (χ3n) is 3.89. The van der Waals surface area contributed by atoms with Crippen molar-refractivity contribution in [2.45, 2.75) is 0 Å². The van der Waals surface area contributed by atoms with E-state index in [1.165, 1.54) is 11.3 Å². The SMILES string of the molecule is COc1ccc(OCCOc2ccc(/C=C(/C(=O)O)c3cccs3)cc2)cc1. The number of carboxylic acid groups (broad SMARTS) is 1. The van der Waals surface area contributed by atoms with Crippen LogP contribution in [0.3, 0.4) is 0 Å². The van der Waals surface area contributed by atoms with Crippen LogP contribution in [0.5, 0.6) is 17.2 Å². The van der Waals surface area contributed by atoms with Gasteiger partial charge in [0, 0.05) is 4.88 Å². The Kier molecular flexibility index (Phi) is 6.70. The maximum absolute atomic E-state index is 11.5. The van der Waals surface area contributed by atoms with E-state index in [2.05, 4.69) is 0 Å². The van der Waals surface area contributed by atoms with Gasteiger partial charge in [0.15, 0.2) is 0 Å². The average molecular weight is 396 g/mol. The highest BCUT2D eigenvalue weighted by Gasteiger charge is 2.11. The molecule has 3 rings (SSSR count). The summed E-state index contributed by atoms with van der Waals surface area (Å²) in [4.78, 5) is 12.2. The highest BCUT2D eigenvalue weighted by Crippen LogP contribution is 2.24. The van der Waals surface area contributed by atoms with Crippen LogP contribution in [0.15, 0.2) is 66.0 Å². The lowest BCUT2D eigenvalue weighted by Gasteiger charge is -2.09. The fourth-order valence-electron chi connectivity index (χ4n) is 2.49. The molecule has 0 aliphatic rings. The van der Waals surface area contributed by atoms with Gasteiger partial charge in [-0.2, -0.15) is 0 Å². The van der Waals surface area contributed by atoms with Crippen molar-refractivity contribution in [2.75, 3.05) is 20.3 Å². The highest BCUT2D eigenvalue weighted by molar-refractivity contribution is 7.11. The number of carboxylic acids is 1. The zero-order chi connectivity index (χ0) is 19.8. The predicted molar refractivity (Wildman–Crippen MR) is 110 cm³/mol. The summed E-state index contributed by atoms with van der Waals surface area (Å²) < 4.78 is 16.4. The van der Waals surface area contributed by atoms with E-state index in [0.717, 1.165) is 21.9 Å². The Balaban J connectivity index is 1.52. The molecule has 5 nitrogen and oxygen atoms in total. The fourth-order valence-corrected chi connectivity index (χ4v) is 3.22. The molecule has 1 N–H and O–H groups in total. The van der Waals surface area contributed by atoms with Crippen LogP contribution in [-0.4, -0.2) is 31.4 Å². The Morgan fingerprint density at radius 1 is 0.929 bits per heavy atom. The number of hydrogen-bond acceptors (Lipinski definition) is 5. The van der Waals surface area contributed by atoms with Gasteiger partial charge < -0.3 is 19.3 Å². The number of benzene rings is 2. The predicted octanol–water partition coefficient (Wildman–Crippen LogP) is 4.84. The number of carbonyl (C=O) groups is 1. The van der Waals surface area contributed by atoms with Crippen LogP contribution < -0.4 is 14.2 Å². The van der Waals surface area contributed by atoms with Gasteiger partial charge in [-0.15, -0.1) is 11.3 Å². The molecular formula is C22H20O5S. The lowest BCUT2D eigenvalue weighted by Crippen LogP contribution is -2.08. The van der Waals surface area contributed by atoms with Gasteiger partial charge in [-0.05, 0) is 59.5 Å². The van der Waals surface area contributed by atoms with Crippen molar-refractivity contribution in [1.82, 2.24) is 0 Å². The van der Waals surface area contributed by atoms with Crippen LogP contribution in [0.1, 0.15) is 10.4 Å². The van der Waals surface area contributed by atoms with Crippen molar-refractivity contribution in [3.8, 4) is 17.2 Å². The molecule has 0 unspecified atom stereocenters. The van der Waals surface area contributed by atoms with Crippen molar-refractivity contribution in [3.05, 3.63) is 76.5 Å². The molecule has 0 aliphatic heterocycles. The third-order valence-corrected chi connectivity index (χ3v) is 4.79. The minimum absolute atomic E-state index is 0.275.